The standard InChI is InChI=1S/C12H31N3O3Si/c1-4-16-19(17-5-2,11-7-10-14)18-12(3,15)8-6-9-13/h4-11,13-15H2,1-3H3. The molecule has 6 nitrogen and oxygen atoms in total. The van der Waals surface area contributed by atoms with Crippen LogP contribution in [0.4, 0.5) is 0 Å². The molecule has 0 saturated carbocycles. The number of rotatable bonds is 12. The van der Waals surface area contributed by atoms with Crippen LogP contribution in [0.3, 0.4) is 0 Å². The van der Waals surface area contributed by atoms with E-state index in [1.165, 1.54) is 0 Å². The predicted molar refractivity (Wildman–Crippen MR) is 79.5 cm³/mol. The second-order valence-corrected chi connectivity index (χ2v) is 7.40. The first-order chi connectivity index (χ1) is 8.95. The Bertz CT molecular complexity index is 224. The fourth-order valence-electron chi connectivity index (χ4n) is 1.91. The summed E-state index contributed by atoms with van der Waals surface area (Å²) in [5.74, 6) is 0. The minimum Gasteiger partial charge on any atom is -0.374 e. The summed E-state index contributed by atoms with van der Waals surface area (Å²) >= 11 is 0. The Morgan fingerprint density at radius 3 is 1.95 bits per heavy atom. The van der Waals surface area contributed by atoms with Crippen LogP contribution in [0.5, 0.6) is 0 Å². The summed E-state index contributed by atoms with van der Waals surface area (Å²) in [6.45, 7) is 7.98. The average molecular weight is 293 g/mol. The van der Waals surface area contributed by atoms with Gasteiger partial charge in [0, 0.05) is 19.3 Å². The fraction of sp³-hybridized carbons (Fsp3) is 1.00. The molecule has 0 amide bonds. The zero-order valence-corrected chi connectivity index (χ0v) is 13.6. The van der Waals surface area contributed by atoms with Crippen LogP contribution in [-0.2, 0) is 13.3 Å². The summed E-state index contributed by atoms with van der Waals surface area (Å²) in [6, 6.07) is 0.695. The predicted octanol–water partition coefficient (Wildman–Crippen LogP) is 0.778. The number of nitrogens with two attached hydrogens (primary N) is 3. The van der Waals surface area contributed by atoms with E-state index in [1.54, 1.807) is 0 Å². The molecule has 0 aliphatic heterocycles. The largest absolute Gasteiger partial charge is 0.502 e. The fourth-order valence-corrected chi connectivity index (χ4v) is 4.83. The molecule has 0 aromatic heterocycles. The van der Waals surface area contributed by atoms with Crippen LogP contribution < -0.4 is 17.2 Å². The minimum absolute atomic E-state index is 0.545. The van der Waals surface area contributed by atoms with Gasteiger partial charge < -0.3 is 30.5 Å². The summed E-state index contributed by atoms with van der Waals surface area (Å²) in [7, 11) is -2.75. The van der Waals surface area contributed by atoms with Gasteiger partial charge in [-0.15, -0.1) is 0 Å². The topological polar surface area (TPSA) is 106 Å². The SMILES string of the molecule is CCO[Si](CCCN)(OCC)OC(C)(N)CCCN. The smallest absolute Gasteiger partial charge is 0.374 e. The molecular weight excluding hydrogens is 262 g/mol. The van der Waals surface area contributed by atoms with Crippen molar-refractivity contribution in [3.63, 3.8) is 0 Å². The third-order valence-electron chi connectivity index (χ3n) is 2.68. The van der Waals surface area contributed by atoms with E-state index in [0.717, 1.165) is 12.8 Å². The van der Waals surface area contributed by atoms with Gasteiger partial charge in [0.1, 0.15) is 5.72 Å². The van der Waals surface area contributed by atoms with Crippen LogP contribution >= 0.6 is 0 Å². The van der Waals surface area contributed by atoms with E-state index in [0.29, 0.717) is 38.8 Å². The second kappa shape index (κ2) is 9.81. The maximum Gasteiger partial charge on any atom is 0.502 e. The summed E-state index contributed by atoms with van der Waals surface area (Å²) < 4.78 is 17.7. The van der Waals surface area contributed by atoms with Crippen molar-refractivity contribution in [3.8, 4) is 0 Å². The third-order valence-corrected chi connectivity index (χ3v) is 5.88. The van der Waals surface area contributed by atoms with Gasteiger partial charge in [0.25, 0.3) is 0 Å². The van der Waals surface area contributed by atoms with Crippen molar-refractivity contribution in [2.75, 3.05) is 26.3 Å². The van der Waals surface area contributed by atoms with E-state index in [2.05, 4.69) is 0 Å². The van der Waals surface area contributed by atoms with Gasteiger partial charge in [-0.1, -0.05) is 0 Å². The zero-order valence-electron chi connectivity index (χ0n) is 12.6. The summed E-state index contributed by atoms with van der Waals surface area (Å²) in [4.78, 5) is 0. The Morgan fingerprint density at radius 1 is 1.00 bits per heavy atom. The van der Waals surface area contributed by atoms with Gasteiger partial charge in [0.2, 0.25) is 0 Å². The molecule has 0 saturated heterocycles. The monoisotopic (exact) mass is 293 g/mol. The number of hydrogen-bond acceptors (Lipinski definition) is 6. The van der Waals surface area contributed by atoms with Gasteiger partial charge >= 0.3 is 8.80 Å². The maximum absolute atomic E-state index is 6.19. The van der Waals surface area contributed by atoms with Crippen molar-refractivity contribution in [1.29, 1.82) is 0 Å². The molecule has 0 spiro atoms. The lowest BCUT2D eigenvalue weighted by Crippen LogP contribution is -2.56. The van der Waals surface area contributed by atoms with Crippen LogP contribution in [-0.4, -0.2) is 40.8 Å². The van der Waals surface area contributed by atoms with Gasteiger partial charge in [0.05, 0.1) is 0 Å². The molecule has 0 aromatic rings. The highest BCUT2D eigenvalue weighted by Crippen LogP contribution is 2.24. The van der Waals surface area contributed by atoms with Crippen molar-refractivity contribution in [2.45, 2.75) is 51.8 Å². The van der Waals surface area contributed by atoms with E-state index in [4.69, 9.17) is 30.5 Å². The molecule has 6 N–H and O–H groups in total. The number of hydrogen-bond donors (Lipinski definition) is 3. The minimum atomic E-state index is -2.75. The molecule has 0 heterocycles. The van der Waals surface area contributed by atoms with Crippen LogP contribution in [0.1, 0.15) is 40.0 Å². The first-order valence-electron chi connectivity index (χ1n) is 7.12. The lowest BCUT2D eigenvalue weighted by molar-refractivity contribution is -0.0221. The van der Waals surface area contributed by atoms with Crippen molar-refractivity contribution in [3.05, 3.63) is 0 Å². The summed E-state index contributed by atoms with van der Waals surface area (Å²) in [5, 5.41) is 0. The molecule has 1 unspecified atom stereocenters. The first-order valence-corrected chi connectivity index (χ1v) is 9.05. The molecule has 19 heavy (non-hydrogen) atoms. The lowest BCUT2D eigenvalue weighted by Gasteiger charge is -2.37. The van der Waals surface area contributed by atoms with Crippen molar-refractivity contribution in [2.24, 2.45) is 17.2 Å². The molecule has 1 atom stereocenters. The van der Waals surface area contributed by atoms with E-state index in [9.17, 15) is 0 Å². The Morgan fingerprint density at radius 2 is 1.53 bits per heavy atom. The molecule has 0 aliphatic rings. The molecule has 0 aliphatic carbocycles. The van der Waals surface area contributed by atoms with E-state index < -0.39 is 14.5 Å². The zero-order chi connectivity index (χ0) is 14.8. The van der Waals surface area contributed by atoms with Crippen molar-refractivity contribution < 1.29 is 13.3 Å². The van der Waals surface area contributed by atoms with Crippen LogP contribution in [0.25, 0.3) is 0 Å². The molecule has 0 bridgehead atoms. The van der Waals surface area contributed by atoms with E-state index in [-0.39, 0.29) is 0 Å². The Hall–Kier alpha value is -0.0231. The maximum atomic E-state index is 6.19. The van der Waals surface area contributed by atoms with Gasteiger partial charge in [-0.25, -0.2) is 0 Å². The quantitative estimate of drug-likeness (QED) is 0.363. The van der Waals surface area contributed by atoms with Crippen LogP contribution in [0.2, 0.25) is 6.04 Å². The summed E-state index contributed by atoms with van der Waals surface area (Å²) in [5.41, 5.74) is 16.5. The van der Waals surface area contributed by atoms with E-state index >= 15 is 0 Å². The van der Waals surface area contributed by atoms with Gasteiger partial charge in [-0.2, -0.15) is 0 Å². The highest BCUT2D eigenvalue weighted by atomic mass is 28.4. The highest BCUT2D eigenvalue weighted by Gasteiger charge is 2.44. The molecule has 116 valence electrons. The molecule has 0 aromatic carbocycles. The van der Waals surface area contributed by atoms with Gasteiger partial charge in [0.15, 0.2) is 0 Å². The van der Waals surface area contributed by atoms with Crippen LogP contribution in [0.15, 0.2) is 0 Å². The Labute approximate surface area is 118 Å². The highest BCUT2D eigenvalue weighted by molar-refractivity contribution is 6.60. The molecule has 0 fully saturated rings. The van der Waals surface area contributed by atoms with Gasteiger partial charge in [-0.05, 0) is 53.1 Å². The van der Waals surface area contributed by atoms with Crippen LogP contribution in [0, 0.1) is 0 Å². The first kappa shape index (κ1) is 19.0. The molecule has 0 rings (SSSR count). The molecule has 0 radical (unpaired) electrons. The normalized spacial score (nSPS) is 15.5. The second-order valence-electron chi connectivity index (χ2n) is 4.75. The van der Waals surface area contributed by atoms with Crippen molar-refractivity contribution in [1.82, 2.24) is 0 Å². The third kappa shape index (κ3) is 7.98. The Balaban J connectivity index is 4.76. The summed E-state index contributed by atoms with van der Waals surface area (Å²) in [6.07, 6.45) is 2.30. The van der Waals surface area contributed by atoms with E-state index in [1.807, 2.05) is 20.8 Å². The average Bonchev–Trinajstić information content (AvgIpc) is 2.34. The van der Waals surface area contributed by atoms with Crippen molar-refractivity contribution >= 4 is 8.80 Å². The van der Waals surface area contributed by atoms with Gasteiger partial charge in [-0.3, -0.25) is 0 Å². The Kier molecular flexibility index (Phi) is 9.80. The molecule has 7 heteroatoms. The lowest BCUT2D eigenvalue weighted by atomic mass is 10.1. The molecular formula is C12H31N3O3Si.